The molecular weight excluding hydrogens is 304 g/mol. The molecule has 2 aromatic rings. The minimum atomic E-state index is -0.375. The zero-order chi connectivity index (χ0) is 16.3. The highest BCUT2D eigenvalue weighted by Crippen LogP contribution is 2.31. The van der Waals surface area contributed by atoms with Crippen LogP contribution in [0.25, 0.3) is 0 Å². The Bertz CT molecular complexity index is 724. The van der Waals surface area contributed by atoms with E-state index in [4.69, 9.17) is 9.47 Å². The molecule has 0 aliphatic rings. The quantitative estimate of drug-likeness (QED) is 0.857. The molecule has 0 spiro atoms. The van der Waals surface area contributed by atoms with Gasteiger partial charge in [0.1, 0.15) is 0 Å². The number of benzene rings is 1. The molecule has 0 aliphatic heterocycles. The number of ketones is 1. The molecular formula is C15H16N2O4S. The molecule has 0 bridgehead atoms. The minimum Gasteiger partial charge on any atom is -0.493 e. The number of hydrogen-bond acceptors (Lipinski definition) is 6. The number of anilines is 1. The Morgan fingerprint density at radius 1 is 1.23 bits per heavy atom. The lowest BCUT2D eigenvalue weighted by atomic mass is 10.1. The fourth-order valence-electron chi connectivity index (χ4n) is 2.01. The lowest BCUT2D eigenvalue weighted by Crippen LogP contribution is -2.13. The van der Waals surface area contributed by atoms with Gasteiger partial charge in [0.15, 0.2) is 22.4 Å². The first kappa shape index (κ1) is 16.0. The van der Waals surface area contributed by atoms with E-state index >= 15 is 0 Å². The molecule has 0 atom stereocenters. The largest absolute Gasteiger partial charge is 0.493 e. The number of Topliss-reactive ketones (excluding diaryl/α,β-unsaturated/α-hetero) is 1. The average molecular weight is 320 g/mol. The predicted molar refractivity (Wildman–Crippen MR) is 84.4 cm³/mol. The zero-order valence-corrected chi connectivity index (χ0v) is 13.5. The van der Waals surface area contributed by atoms with Crippen LogP contribution in [0.2, 0.25) is 0 Å². The highest BCUT2D eigenvalue weighted by Gasteiger charge is 2.19. The topological polar surface area (TPSA) is 77.5 Å². The number of aromatic nitrogens is 1. The third kappa shape index (κ3) is 3.09. The van der Waals surface area contributed by atoms with Crippen molar-refractivity contribution in [1.82, 2.24) is 4.98 Å². The van der Waals surface area contributed by atoms with Gasteiger partial charge in [0.05, 0.1) is 30.4 Å². The third-order valence-corrected chi connectivity index (χ3v) is 4.16. The summed E-state index contributed by atoms with van der Waals surface area (Å²) in [6.07, 6.45) is 0. The van der Waals surface area contributed by atoms with E-state index < -0.39 is 0 Å². The lowest BCUT2D eigenvalue weighted by Gasteiger charge is -2.11. The summed E-state index contributed by atoms with van der Waals surface area (Å²) in [6, 6.07) is 5.03. The summed E-state index contributed by atoms with van der Waals surface area (Å²) in [7, 11) is 2.97. The summed E-state index contributed by atoms with van der Waals surface area (Å²) in [5.41, 5.74) is 0.935. The monoisotopic (exact) mass is 320 g/mol. The van der Waals surface area contributed by atoms with Crippen LogP contribution >= 0.6 is 11.3 Å². The number of nitrogens with one attached hydrogen (secondary N) is 1. The van der Waals surface area contributed by atoms with Crippen molar-refractivity contribution in [2.45, 2.75) is 13.8 Å². The number of carbonyl (C=O) groups is 2. The Morgan fingerprint density at radius 2 is 1.95 bits per heavy atom. The molecule has 1 heterocycles. The SMILES string of the molecule is COc1cccc(C(=O)Nc2nc(C)c(C(C)=O)s2)c1OC. The van der Waals surface area contributed by atoms with Crippen molar-refractivity contribution in [1.29, 1.82) is 0 Å². The maximum atomic E-state index is 12.4. The maximum Gasteiger partial charge on any atom is 0.261 e. The molecule has 0 saturated carbocycles. The fourth-order valence-corrected chi connectivity index (χ4v) is 2.86. The number of nitrogens with zero attached hydrogens (tertiary/aromatic N) is 1. The van der Waals surface area contributed by atoms with Crippen LogP contribution in [-0.2, 0) is 0 Å². The first-order chi connectivity index (χ1) is 10.5. The van der Waals surface area contributed by atoms with E-state index in [1.165, 1.54) is 21.1 Å². The van der Waals surface area contributed by atoms with Gasteiger partial charge in [-0.05, 0) is 19.1 Å². The first-order valence-electron chi connectivity index (χ1n) is 6.48. The summed E-state index contributed by atoms with van der Waals surface area (Å²) >= 11 is 1.15. The van der Waals surface area contributed by atoms with Crippen LogP contribution < -0.4 is 14.8 Å². The van der Waals surface area contributed by atoms with Crippen LogP contribution in [0.5, 0.6) is 11.5 Å². The van der Waals surface area contributed by atoms with E-state index in [0.29, 0.717) is 32.8 Å². The van der Waals surface area contributed by atoms with E-state index in [0.717, 1.165) is 11.3 Å². The van der Waals surface area contributed by atoms with Gasteiger partial charge in [-0.3, -0.25) is 14.9 Å². The lowest BCUT2D eigenvalue weighted by molar-refractivity contribution is 0.101. The third-order valence-electron chi connectivity index (χ3n) is 2.98. The van der Waals surface area contributed by atoms with Crippen molar-refractivity contribution in [3.05, 3.63) is 34.3 Å². The maximum absolute atomic E-state index is 12.4. The molecule has 1 N–H and O–H groups in total. The van der Waals surface area contributed by atoms with Crippen LogP contribution in [0.1, 0.15) is 32.6 Å². The zero-order valence-electron chi connectivity index (χ0n) is 12.7. The molecule has 7 heteroatoms. The van der Waals surface area contributed by atoms with Gasteiger partial charge >= 0.3 is 0 Å². The second-order valence-electron chi connectivity index (χ2n) is 4.48. The molecule has 0 unspecified atom stereocenters. The van der Waals surface area contributed by atoms with Crippen molar-refractivity contribution < 1.29 is 19.1 Å². The predicted octanol–water partition coefficient (Wildman–Crippen LogP) is 2.92. The number of rotatable bonds is 5. The molecule has 1 aromatic heterocycles. The molecule has 1 aromatic carbocycles. The average Bonchev–Trinajstić information content (AvgIpc) is 2.86. The van der Waals surface area contributed by atoms with Crippen LogP contribution in [0.3, 0.4) is 0 Å². The number of ether oxygens (including phenoxy) is 2. The molecule has 0 saturated heterocycles. The number of thiazole rings is 1. The Balaban J connectivity index is 2.30. The van der Waals surface area contributed by atoms with Gasteiger partial charge in [-0.25, -0.2) is 4.98 Å². The van der Waals surface area contributed by atoms with Crippen LogP contribution in [-0.4, -0.2) is 30.9 Å². The first-order valence-corrected chi connectivity index (χ1v) is 7.30. The Hall–Kier alpha value is -2.41. The van der Waals surface area contributed by atoms with Gasteiger partial charge in [0, 0.05) is 6.92 Å². The molecule has 0 aliphatic carbocycles. The Morgan fingerprint density at radius 3 is 2.50 bits per heavy atom. The highest BCUT2D eigenvalue weighted by atomic mass is 32.1. The van der Waals surface area contributed by atoms with Crippen molar-refractivity contribution in [2.75, 3.05) is 19.5 Å². The molecule has 2 rings (SSSR count). The number of carbonyl (C=O) groups excluding carboxylic acids is 2. The molecule has 22 heavy (non-hydrogen) atoms. The van der Waals surface area contributed by atoms with Crippen molar-refractivity contribution in [2.24, 2.45) is 0 Å². The van der Waals surface area contributed by atoms with Crippen LogP contribution in [0.15, 0.2) is 18.2 Å². The molecule has 6 nitrogen and oxygen atoms in total. The van der Waals surface area contributed by atoms with Crippen molar-refractivity contribution in [3.8, 4) is 11.5 Å². The number of aryl methyl sites for hydroxylation is 1. The van der Waals surface area contributed by atoms with Gasteiger partial charge < -0.3 is 9.47 Å². The number of amides is 1. The molecule has 1 amide bonds. The van der Waals surface area contributed by atoms with Crippen LogP contribution in [0, 0.1) is 6.92 Å². The standard InChI is InChI=1S/C15H16N2O4S/c1-8-13(9(2)18)22-15(16-8)17-14(19)10-6-5-7-11(20-3)12(10)21-4/h5-7H,1-4H3,(H,16,17,19). The summed E-state index contributed by atoms with van der Waals surface area (Å²) < 4.78 is 10.4. The van der Waals surface area contributed by atoms with Gasteiger partial charge in [-0.1, -0.05) is 17.4 Å². The molecule has 116 valence electrons. The summed E-state index contributed by atoms with van der Waals surface area (Å²) in [4.78, 5) is 28.6. The van der Waals surface area contributed by atoms with Gasteiger partial charge in [0.2, 0.25) is 0 Å². The van der Waals surface area contributed by atoms with Gasteiger partial charge in [-0.2, -0.15) is 0 Å². The number of para-hydroxylation sites is 1. The van der Waals surface area contributed by atoms with Crippen molar-refractivity contribution >= 4 is 28.2 Å². The Kier molecular flexibility index (Phi) is 4.77. The number of methoxy groups -OCH3 is 2. The summed E-state index contributed by atoms with van der Waals surface area (Å²) in [6.45, 7) is 3.20. The smallest absolute Gasteiger partial charge is 0.261 e. The van der Waals surface area contributed by atoms with E-state index in [-0.39, 0.29) is 11.7 Å². The Labute approximate surface area is 132 Å². The van der Waals surface area contributed by atoms with Gasteiger partial charge in [0.25, 0.3) is 5.91 Å². The van der Waals surface area contributed by atoms with E-state index in [1.807, 2.05) is 0 Å². The highest BCUT2D eigenvalue weighted by molar-refractivity contribution is 7.17. The van der Waals surface area contributed by atoms with Crippen LogP contribution in [0.4, 0.5) is 5.13 Å². The fraction of sp³-hybridized carbons (Fsp3) is 0.267. The normalized spacial score (nSPS) is 10.2. The summed E-state index contributed by atoms with van der Waals surface area (Å²) in [5, 5.41) is 3.05. The van der Waals surface area contributed by atoms with E-state index in [2.05, 4.69) is 10.3 Å². The van der Waals surface area contributed by atoms with Crippen molar-refractivity contribution in [3.63, 3.8) is 0 Å². The second kappa shape index (κ2) is 6.57. The van der Waals surface area contributed by atoms with E-state index in [9.17, 15) is 9.59 Å². The molecule has 0 fully saturated rings. The van der Waals surface area contributed by atoms with Gasteiger partial charge in [-0.15, -0.1) is 0 Å². The van der Waals surface area contributed by atoms with E-state index in [1.54, 1.807) is 25.1 Å². The molecule has 0 radical (unpaired) electrons. The summed E-state index contributed by atoms with van der Waals surface area (Å²) in [5.74, 6) is 0.367. The second-order valence-corrected chi connectivity index (χ2v) is 5.48. The minimum absolute atomic E-state index is 0.0746. The number of hydrogen-bond donors (Lipinski definition) is 1.